The first-order valence-electron chi connectivity index (χ1n) is 5.68. The molecule has 0 bridgehead atoms. The van der Waals surface area contributed by atoms with Crippen molar-refractivity contribution in [3.8, 4) is 5.75 Å². The lowest BCUT2D eigenvalue weighted by atomic mass is 10.0. The predicted octanol–water partition coefficient (Wildman–Crippen LogP) is 3.74. The summed E-state index contributed by atoms with van der Waals surface area (Å²) >= 11 is 6.14. The van der Waals surface area contributed by atoms with E-state index in [1.807, 2.05) is 6.07 Å². The Labute approximate surface area is 120 Å². The second-order valence-electron chi connectivity index (χ2n) is 4.16. The van der Waals surface area contributed by atoms with Crippen LogP contribution in [0.3, 0.4) is 0 Å². The molecule has 0 aromatic heterocycles. The highest BCUT2D eigenvalue weighted by atomic mass is 35.5. The minimum absolute atomic E-state index is 0. The molecule has 1 aromatic rings. The van der Waals surface area contributed by atoms with Gasteiger partial charge in [0, 0.05) is 6.54 Å². The van der Waals surface area contributed by atoms with Gasteiger partial charge < -0.3 is 10.1 Å². The van der Waals surface area contributed by atoms with Crippen molar-refractivity contribution in [2.75, 3.05) is 13.2 Å². The largest absolute Gasteiger partial charge is 0.492 e. The molecule has 0 radical (unpaired) electrons. The van der Waals surface area contributed by atoms with Crippen LogP contribution in [0.15, 0.2) is 12.1 Å². The highest BCUT2D eigenvalue weighted by molar-refractivity contribution is 6.33. The number of rotatable bonds is 3. The molecular formula is C12H14Cl2F3NO. The molecule has 1 heterocycles. The number of hydrogen-bond donors (Lipinski definition) is 1. The number of hydrogen-bond acceptors (Lipinski definition) is 2. The maximum atomic E-state index is 12.0. The number of nitrogens with one attached hydrogen (secondary N) is 1. The molecule has 0 fully saturated rings. The van der Waals surface area contributed by atoms with E-state index in [-0.39, 0.29) is 12.4 Å². The van der Waals surface area contributed by atoms with E-state index in [0.717, 1.165) is 30.6 Å². The van der Waals surface area contributed by atoms with Gasteiger partial charge in [-0.2, -0.15) is 13.2 Å². The Kier molecular flexibility index (Phi) is 5.77. The van der Waals surface area contributed by atoms with Gasteiger partial charge in [-0.25, -0.2) is 0 Å². The van der Waals surface area contributed by atoms with Crippen LogP contribution in [0.1, 0.15) is 17.5 Å². The van der Waals surface area contributed by atoms with E-state index in [2.05, 4.69) is 5.32 Å². The van der Waals surface area contributed by atoms with Crippen molar-refractivity contribution in [3.63, 3.8) is 0 Å². The smallest absolute Gasteiger partial charge is 0.392 e. The van der Waals surface area contributed by atoms with Gasteiger partial charge in [-0.05, 0) is 30.2 Å². The van der Waals surface area contributed by atoms with Gasteiger partial charge in [0.25, 0.3) is 0 Å². The van der Waals surface area contributed by atoms with E-state index in [4.69, 9.17) is 16.3 Å². The summed E-state index contributed by atoms with van der Waals surface area (Å²) < 4.78 is 41.1. The molecule has 19 heavy (non-hydrogen) atoms. The lowest BCUT2D eigenvalue weighted by Gasteiger charge is -2.20. The molecule has 0 aliphatic carbocycles. The molecular weight excluding hydrogens is 302 g/mol. The lowest BCUT2D eigenvalue weighted by molar-refractivity contribution is -0.139. The fourth-order valence-corrected chi connectivity index (χ4v) is 2.23. The quantitative estimate of drug-likeness (QED) is 0.917. The Bertz CT molecular complexity index is 438. The summed E-state index contributed by atoms with van der Waals surface area (Å²) in [4.78, 5) is 0. The second-order valence-corrected chi connectivity index (χ2v) is 4.53. The van der Waals surface area contributed by atoms with E-state index in [1.54, 1.807) is 6.07 Å². The summed E-state index contributed by atoms with van der Waals surface area (Å²) in [5.41, 5.74) is 2.05. The van der Waals surface area contributed by atoms with Crippen LogP contribution >= 0.6 is 24.0 Å². The van der Waals surface area contributed by atoms with Crippen LogP contribution < -0.4 is 10.1 Å². The van der Waals surface area contributed by atoms with Crippen LogP contribution in [0.4, 0.5) is 13.2 Å². The average Bonchev–Trinajstić information content (AvgIpc) is 2.31. The van der Waals surface area contributed by atoms with E-state index >= 15 is 0 Å². The van der Waals surface area contributed by atoms with Crippen molar-refractivity contribution in [1.82, 2.24) is 5.32 Å². The fourth-order valence-electron chi connectivity index (χ4n) is 1.90. The van der Waals surface area contributed by atoms with E-state index in [0.29, 0.717) is 10.8 Å². The molecule has 2 nitrogen and oxygen atoms in total. The van der Waals surface area contributed by atoms with Gasteiger partial charge in [0.15, 0.2) is 0 Å². The molecule has 0 atom stereocenters. The molecule has 0 saturated carbocycles. The van der Waals surface area contributed by atoms with E-state index in [1.165, 1.54) is 0 Å². The number of ether oxygens (including phenoxy) is 1. The highest BCUT2D eigenvalue weighted by Gasteiger charge is 2.27. The zero-order chi connectivity index (χ0) is 13.2. The molecule has 0 amide bonds. The maximum Gasteiger partial charge on any atom is 0.392 e. The normalized spacial score (nSPS) is 14.5. The first-order chi connectivity index (χ1) is 8.47. The van der Waals surface area contributed by atoms with Gasteiger partial charge in [-0.15, -0.1) is 12.4 Å². The van der Waals surface area contributed by atoms with Crippen LogP contribution in [0.5, 0.6) is 5.75 Å². The summed E-state index contributed by atoms with van der Waals surface area (Å²) in [6.07, 6.45) is -4.41. The van der Waals surface area contributed by atoms with Crippen LogP contribution in [0, 0.1) is 0 Å². The molecule has 0 unspecified atom stereocenters. The van der Waals surface area contributed by atoms with E-state index < -0.39 is 19.2 Å². The number of halogens is 5. The molecule has 1 aliphatic rings. The zero-order valence-electron chi connectivity index (χ0n) is 10.0. The monoisotopic (exact) mass is 315 g/mol. The van der Waals surface area contributed by atoms with E-state index in [9.17, 15) is 13.2 Å². The first kappa shape index (κ1) is 16.4. The van der Waals surface area contributed by atoms with Crippen molar-refractivity contribution in [3.05, 3.63) is 28.3 Å². The average molecular weight is 316 g/mol. The van der Waals surface area contributed by atoms with Gasteiger partial charge in [0.2, 0.25) is 0 Å². The van der Waals surface area contributed by atoms with Crippen LogP contribution in [0.2, 0.25) is 5.02 Å². The van der Waals surface area contributed by atoms with Crippen LogP contribution in [0.25, 0.3) is 0 Å². The predicted molar refractivity (Wildman–Crippen MR) is 70.3 cm³/mol. The number of benzene rings is 1. The van der Waals surface area contributed by atoms with Crippen LogP contribution in [-0.2, 0) is 13.0 Å². The van der Waals surface area contributed by atoms with Gasteiger partial charge in [-0.1, -0.05) is 17.7 Å². The second kappa shape index (κ2) is 6.68. The number of alkyl halides is 3. The molecule has 0 saturated heterocycles. The van der Waals surface area contributed by atoms with Gasteiger partial charge in [-0.3, -0.25) is 0 Å². The minimum Gasteiger partial charge on any atom is -0.492 e. The van der Waals surface area contributed by atoms with Crippen LogP contribution in [-0.4, -0.2) is 19.3 Å². The van der Waals surface area contributed by atoms with Crippen molar-refractivity contribution in [2.45, 2.75) is 25.6 Å². The molecule has 2 rings (SSSR count). The molecule has 1 aliphatic heterocycles. The molecule has 1 N–H and O–H groups in total. The third-order valence-corrected chi connectivity index (χ3v) is 3.23. The lowest BCUT2D eigenvalue weighted by Crippen LogP contribution is -2.24. The molecule has 7 heteroatoms. The third-order valence-electron chi connectivity index (χ3n) is 2.82. The topological polar surface area (TPSA) is 21.3 Å². The van der Waals surface area contributed by atoms with Gasteiger partial charge in [0.1, 0.15) is 5.75 Å². The number of fused-ring (bicyclic) bond motifs is 1. The summed E-state index contributed by atoms with van der Waals surface area (Å²) in [6, 6.07) is 3.47. The van der Waals surface area contributed by atoms with Crippen molar-refractivity contribution in [2.24, 2.45) is 0 Å². The first-order valence-corrected chi connectivity index (χ1v) is 6.06. The Morgan fingerprint density at radius 3 is 2.74 bits per heavy atom. The minimum atomic E-state index is -4.20. The standard InChI is InChI=1S/C12H13ClF3NO.ClH/c13-11-9-3-5-17-7-8(9)1-2-10(11)18-6-4-12(14,15)16;/h1-2,17H,3-7H2;1H. The highest BCUT2D eigenvalue weighted by Crippen LogP contribution is 2.33. The van der Waals surface area contributed by atoms with Crippen molar-refractivity contribution < 1.29 is 17.9 Å². The maximum absolute atomic E-state index is 12.0. The molecule has 1 aromatic carbocycles. The summed E-state index contributed by atoms with van der Waals surface area (Å²) in [5, 5.41) is 3.64. The Morgan fingerprint density at radius 2 is 2.05 bits per heavy atom. The molecule has 0 spiro atoms. The Morgan fingerprint density at radius 1 is 1.32 bits per heavy atom. The Balaban J connectivity index is 0.00000180. The Hall–Kier alpha value is -0.650. The van der Waals surface area contributed by atoms with Crippen molar-refractivity contribution in [1.29, 1.82) is 0 Å². The zero-order valence-corrected chi connectivity index (χ0v) is 11.6. The summed E-state index contributed by atoms with van der Waals surface area (Å²) in [6.45, 7) is 1.15. The third kappa shape index (κ3) is 4.44. The fraction of sp³-hybridized carbons (Fsp3) is 0.500. The summed E-state index contributed by atoms with van der Waals surface area (Å²) in [5.74, 6) is 0.335. The summed E-state index contributed by atoms with van der Waals surface area (Å²) in [7, 11) is 0. The van der Waals surface area contributed by atoms with Gasteiger partial charge in [0.05, 0.1) is 18.1 Å². The SMILES string of the molecule is Cl.FC(F)(F)CCOc1ccc2c(c1Cl)CCNC2. The van der Waals surface area contributed by atoms with Gasteiger partial charge >= 0.3 is 6.18 Å². The van der Waals surface area contributed by atoms with Crippen molar-refractivity contribution >= 4 is 24.0 Å². The molecule has 108 valence electrons.